The summed E-state index contributed by atoms with van der Waals surface area (Å²) in [5.74, 6) is 0. The van der Waals surface area contributed by atoms with E-state index < -0.39 is 0 Å². The molecule has 2 N–H and O–H groups in total. The molecule has 0 spiro atoms. The summed E-state index contributed by atoms with van der Waals surface area (Å²) in [6, 6.07) is 9.96. The summed E-state index contributed by atoms with van der Waals surface area (Å²) in [5, 5.41) is 0. The van der Waals surface area contributed by atoms with Gasteiger partial charge in [-0.2, -0.15) is 0 Å². The summed E-state index contributed by atoms with van der Waals surface area (Å²) in [6.45, 7) is 0.771. The average molecular weight is 336 g/mol. The highest BCUT2D eigenvalue weighted by Gasteiger charge is 2.05. The van der Waals surface area contributed by atoms with E-state index in [0.717, 1.165) is 27.8 Å². The molecule has 2 rings (SSSR count). The molecule has 0 atom stereocenters. The van der Waals surface area contributed by atoms with Crippen molar-refractivity contribution in [3.8, 4) is 0 Å². The number of nitrogens with two attached hydrogens (primary N) is 1. The smallest absolute Gasteiger partial charge is 0.104 e. The van der Waals surface area contributed by atoms with Crippen molar-refractivity contribution in [3.63, 3.8) is 0 Å². The van der Waals surface area contributed by atoms with Crippen molar-refractivity contribution in [3.05, 3.63) is 58.3 Å². The molecule has 1 aromatic heterocycles. The standard InChI is InChI=1S/C14H14BrN3S/c1-18(9-10-5-12(15)8-17-7-10)13-4-2-3-11(6-13)14(16)19/h2-8H,9H2,1H3,(H2,16,19). The molecule has 0 aliphatic rings. The van der Waals surface area contributed by atoms with Crippen molar-refractivity contribution in [2.45, 2.75) is 6.54 Å². The van der Waals surface area contributed by atoms with Gasteiger partial charge < -0.3 is 10.6 Å². The lowest BCUT2D eigenvalue weighted by Gasteiger charge is -2.20. The van der Waals surface area contributed by atoms with Crippen LogP contribution in [0.5, 0.6) is 0 Å². The number of nitrogens with zero attached hydrogens (tertiary/aromatic N) is 2. The molecule has 2 aromatic rings. The zero-order valence-electron chi connectivity index (χ0n) is 10.5. The van der Waals surface area contributed by atoms with Gasteiger partial charge in [-0.05, 0) is 39.7 Å². The normalized spacial score (nSPS) is 10.2. The van der Waals surface area contributed by atoms with Crippen molar-refractivity contribution in [2.75, 3.05) is 11.9 Å². The molecule has 0 fully saturated rings. The van der Waals surface area contributed by atoms with Gasteiger partial charge in [-0.15, -0.1) is 0 Å². The molecule has 0 amide bonds. The Morgan fingerprint density at radius 3 is 2.84 bits per heavy atom. The van der Waals surface area contributed by atoms with Gasteiger partial charge in [-0.1, -0.05) is 24.4 Å². The van der Waals surface area contributed by atoms with Crippen LogP contribution in [0.3, 0.4) is 0 Å². The summed E-state index contributed by atoms with van der Waals surface area (Å²) < 4.78 is 0.982. The predicted molar refractivity (Wildman–Crippen MR) is 86.4 cm³/mol. The molecule has 0 saturated heterocycles. The minimum absolute atomic E-state index is 0.416. The van der Waals surface area contributed by atoms with Gasteiger partial charge in [0, 0.05) is 41.7 Å². The molecule has 0 bridgehead atoms. The van der Waals surface area contributed by atoms with Crippen LogP contribution in [0.2, 0.25) is 0 Å². The van der Waals surface area contributed by atoms with E-state index in [0.29, 0.717) is 4.99 Å². The first-order valence-electron chi connectivity index (χ1n) is 5.76. The van der Waals surface area contributed by atoms with Crippen LogP contribution in [-0.2, 0) is 6.54 Å². The average Bonchev–Trinajstić information content (AvgIpc) is 2.39. The maximum atomic E-state index is 5.65. The van der Waals surface area contributed by atoms with Crippen LogP contribution >= 0.6 is 28.1 Å². The van der Waals surface area contributed by atoms with Gasteiger partial charge >= 0.3 is 0 Å². The summed E-state index contributed by atoms with van der Waals surface area (Å²) in [4.78, 5) is 6.71. The lowest BCUT2D eigenvalue weighted by Crippen LogP contribution is -2.17. The number of anilines is 1. The minimum atomic E-state index is 0.416. The molecule has 5 heteroatoms. The lowest BCUT2D eigenvalue weighted by molar-refractivity contribution is 0.914. The van der Waals surface area contributed by atoms with Gasteiger partial charge in [0.2, 0.25) is 0 Å². The van der Waals surface area contributed by atoms with Crippen LogP contribution in [-0.4, -0.2) is 17.0 Å². The fourth-order valence-electron chi connectivity index (χ4n) is 1.80. The van der Waals surface area contributed by atoms with Gasteiger partial charge in [0.15, 0.2) is 0 Å². The highest BCUT2D eigenvalue weighted by molar-refractivity contribution is 9.10. The highest BCUT2D eigenvalue weighted by atomic mass is 79.9. The number of benzene rings is 1. The van der Waals surface area contributed by atoms with E-state index in [1.54, 1.807) is 6.20 Å². The Hall–Kier alpha value is -1.46. The maximum Gasteiger partial charge on any atom is 0.104 e. The molecule has 1 aromatic carbocycles. The zero-order chi connectivity index (χ0) is 13.8. The number of hydrogen-bond donors (Lipinski definition) is 1. The summed E-state index contributed by atoms with van der Waals surface area (Å²) in [6.07, 6.45) is 3.63. The second kappa shape index (κ2) is 6.12. The van der Waals surface area contributed by atoms with Gasteiger partial charge in [0.25, 0.3) is 0 Å². The van der Waals surface area contributed by atoms with Crippen molar-refractivity contribution < 1.29 is 0 Å². The Bertz CT molecular complexity index is 601. The SMILES string of the molecule is CN(Cc1cncc(Br)c1)c1cccc(C(N)=S)c1. The molecular weight excluding hydrogens is 322 g/mol. The van der Waals surface area contributed by atoms with Crippen molar-refractivity contribution in [2.24, 2.45) is 5.73 Å². The minimum Gasteiger partial charge on any atom is -0.389 e. The Balaban J connectivity index is 2.18. The number of aromatic nitrogens is 1. The van der Waals surface area contributed by atoms with E-state index in [1.807, 2.05) is 37.5 Å². The molecule has 98 valence electrons. The molecule has 0 aliphatic heterocycles. The van der Waals surface area contributed by atoms with Crippen LogP contribution < -0.4 is 10.6 Å². The molecule has 0 aliphatic carbocycles. The highest BCUT2D eigenvalue weighted by Crippen LogP contribution is 2.18. The van der Waals surface area contributed by atoms with Gasteiger partial charge in [-0.3, -0.25) is 4.98 Å². The first kappa shape index (κ1) is 14.0. The lowest BCUT2D eigenvalue weighted by atomic mass is 10.2. The Morgan fingerprint density at radius 2 is 2.16 bits per heavy atom. The molecule has 3 nitrogen and oxygen atoms in total. The topological polar surface area (TPSA) is 42.2 Å². The third kappa shape index (κ3) is 3.75. The fraction of sp³-hybridized carbons (Fsp3) is 0.143. The van der Waals surface area contributed by atoms with Crippen LogP contribution in [0.25, 0.3) is 0 Å². The summed E-state index contributed by atoms with van der Waals surface area (Å²) in [5.41, 5.74) is 8.74. The largest absolute Gasteiger partial charge is 0.389 e. The molecule has 0 radical (unpaired) electrons. The Kier molecular flexibility index (Phi) is 4.50. The zero-order valence-corrected chi connectivity index (χ0v) is 12.9. The first-order valence-corrected chi connectivity index (χ1v) is 6.97. The van der Waals surface area contributed by atoms with Crippen molar-refractivity contribution in [1.82, 2.24) is 4.98 Å². The fourth-order valence-corrected chi connectivity index (χ4v) is 2.34. The van der Waals surface area contributed by atoms with E-state index >= 15 is 0 Å². The number of thiocarbonyl (C=S) groups is 1. The van der Waals surface area contributed by atoms with E-state index in [4.69, 9.17) is 18.0 Å². The third-order valence-corrected chi connectivity index (χ3v) is 3.42. The van der Waals surface area contributed by atoms with E-state index in [2.05, 4.69) is 31.9 Å². The van der Waals surface area contributed by atoms with Crippen LogP contribution in [0.4, 0.5) is 5.69 Å². The molecular formula is C14H14BrN3S. The van der Waals surface area contributed by atoms with Crippen LogP contribution in [0, 0.1) is 0 Å². The quantitative estimate of drug-likeness (QED) is 0.871. The molecule has 0 saturated carbocycles. The Labute approximate surface area is 126 Å². The number of hydrogen-bond acceptors (Lipinski definition) is 3. The van der Waals surface area contributed by atoms with Crippen LogP contribution in [0.1, 0.15) is 11.1 Å². The van der Waals surface area contributed by atoms with E-state index in [-0.39, 0.29) is 0 Å². The van der Waals surface area contributed by atoms with Crippen molar-refractivity contribution in [1.29, 1.82) is 0 Å². The summed E-state index contributed by atoms with van der Waals surface area (Å²) in [7, 11) is 2.03. The molecule has 1 heterocycles. The van der Waals surface area contributed by atoms with Gasteiger partial charge in [-0.25, -0.2) is 0 Å². The van der Waals surface area contributed by atoms with Crippen LogP contribution in [0.15, 0.2) is 47.2 Å². The number of rotatable bonds is 4. The predicted octanol–water partition coefficient (Wildman–Crippen LogP) is 3.11. The van der Waals surface area contributed by atoms with Crippen molar-refractivity contribution >= 4 is 38.8 Å². The maximum absolute atomic E-state index is 5.65. The monoisotopic (exact) mass is 335 g/mol. The van der Waals surface area contributed by atoms with Gasteiger partial charge in [0.1, 0.15) is 4.99 Å². The molecule has 19 heavy (non-hydrogen) atoms. The first-order chi connectivity index (χ1) is 9.06. The van der Waals surface area contributed by atoms with Gasteiger partial charge in [0.05, 0.1) is 0 Å². The summed E-state index contributed by atoms with van der Waals surface area (Å²) >= 11 is 8.42. The third-order valence-electron chi connectivity index (χ3n) is 2.75. The van der Waals surface area contributed by atoms with E-state index in [9.17, 15) is 0 Å². The second-order valence-electron chi connectivity index (χ2n) is 4.28. The molecule has 0 unspecified atom stereocenters. The number of pyridine rings is 1. The second-order valence-corrected chi connectivity index (χ2v) is 5.64. The van der Waals surface area contributed by atoms with E-state index in [1.165, 1.54) is 0 Å². The Morgan fingerprint density at radius 1 is 1.37 bits per heavy atom. The number of halogens is 1.